The van der Waals surface area contributed by atoms with Gasteiger partial charge in [-0.25, -0.2) is 8.78 Å². The number of hydrogen-bond donors (Lipinski definition) is 1. The number of rotatable bonds is 5. The van der Waals surface area contributed by atoms with Crippen molar-refractivity contribution in [2.45, 2.75) is 25.3 Å². The minimum atomic E-state index is -0.526. The Balaban J connectivity index is 2.16. The molecular weight excluding hydrogens is 256 g/mol. The Morgan fingerprint density at radius 3 is 2.15 bits per heavy atom. The van der Waals surface area contributed by atoms with Gasteiger partial charge >= 0.3 is 0 Å². The van der Waals surface area contributed by atoms with Crippen LogP contribution in [0.3, 0.4) is 0 Å². The topological polar surface area (TPSA) is 12.0 Å². The second-order valence-electron chi connectivity index (χ2n) is 5.08. The zero-order valence-electron chi connectivity index (χ0n) is 11.7. The van der Waals surface area contributed by atoms with E-state index < -0.39 is 11.6 Å². The maximum absolute atomic E-state index is 13.2. The van der Waals surface area contributed by atoms with Crippen molar-refractivity contribution in [3.63, 3.8) is 0 Å². The molecule has 0 fully saturated rings. The maximum Gasteiger partial charge on any atom is 0.126 e. The summed E-state index contributed by atoms with van der Waals surface area (Å²) in [4.78, 5) is 0. The fourth-order valence-corrected chi connectivity index (χ4v) is 2.50. The van der Waals surface area contributed by atoms with Gasteiger partial charge in [-0.15, -0.1) is 0 Å². The highest BCUT2D eigenvalue weighted by molar-refractivity contribution is 5.24. The molecule has 2 rings (SSSR count). The first-order valence-corrected chi connectivity index (χ1v) is 6.77. The Hall–Kier alpha value is -1.74. The second-order valence-corrected chi connectivity index (χ2v) is 5.08. The zero-order chi connectivity index (χ0) is 14.5. The van der Waals surface area contributed by atoms with Gasteiger partial charge in [0.2, 0.25) is 0 Å². The van der Waals surface area contributed by atoms with Gasteiger partial charge in [-0.05, 0) is 42.6 Å². The summed E-state index contributed by atoms with van der Waals surface area (Å²) in [6, 6.07) is 13.9. The first-order chi connectivity index (χ1) is 9.60. The molecule has 0 radical (unpaired) electrons. The number of nitrogens with one attached hydrogen (secondary N) is 1. The summed E-state index contributed by atoms with van der Waals surface area (Å²) in [5.41, 5.74) is 1.88. The molecule has 0 aliphatic heterocycles. The van der Waals surface area contributed by atoms with Crippen LogP contribution in [-0.2, 0) is 6.42 Å². The number of halogens is 2. The lowest BCUT2D eigenvalue weighted by atomic mass is 9.89. The summed E-state index contributed by atoms with van der Waals surface area (Å²) in [5, 5.41) is 3.24. The molecule has 2 aromatic rings. The molecule has 0 heterocycles. The lowest BCUT2D eigenvalue weighted by Gasteiger charge is -2.24. The van der Waals surface area contributed by atoms with E-state index in [0.717, 1.165) is 6.07 Å². The minimum Gasteiger partial charge on any atom is -0.316 e. The molecule has 1 N–H and O–H groups in total. The number of benzene rings is 2. The predicted octanol–water partition coefficient (Wildman–Crippen LogP) is 3.90. The summed E-state index contributed by atoms with van der Waals surface area (Å²) in [6.07, 6.45) is 0.585. The van der Waals surface area contributed by atoms with Gasteiger partial charge in [0.25, 0.3) is 0 Å². The fourth-order valence-electron chi connectivity index (χ4n) is 2.50. The molecule has 2 aromatic carbocycles. The Bertz CT molecular complexity index is 534. The smallest absolute Gasteiger partial charge is 0.126 e. The van der Waals surface area contributed by atoms with Crippen LogP contribution < -0.4 is 5.32 Å². The molecule has 1 nitrogen and oxygen atoms in total. The van der Waals surface area contributed by atoms with E-state index in [9.17, 15) is 8.78 Å². The molecule has 0 amide bonds. The fraction of sp³-hybridized carbons (Fsp3) is 0.294. The van der Waals surface area contributed by atoms with Crippen molar-refractivity contribution < 1.29 is 8.78 Å². The third kappa shape index (κ3) is 3.64. The van der Waals surface area contributed by atoms with Crippen molar-refractivity contribution in [2.24, 2.45) is 0 Å². The lowest BCUT2D eigenvalue weighted by Crippen LogP contribution is -2.33. The first kappa shape index (κ1) is 14.7. The molecule has 0 saturated heterocycles. The van der Waals surface area contributed by atoms with E-state index >= 15 is 0 Å². The maximum atomic E-state index is 13.2. The predicted molar refractivity (Wildman–Crippen MR) is 77.8 cm³/mol. The summed E-state index contributed by atoms with van der Waals surface area (Å²) in [5.74, 6) is -0.794. The summed E-state index contributed by atoms with van der Waals surface area (Å²) in [7, 11) is 1.87. The molecule has 0 spiro atoms. The highest BCUT2D eigenvalue weighted by Crippen LogP contribution is 2.22. The van der Waals surface area contributed by atoms with Gasteiger partial charge in [0, 0.05) is 12.1 Å². The van der Waals surface area contributed by atoms with Crippen LogP contribution in [0.4, 0.5) is 8.78 Å². The quantitative estimate of drug-likeness (QED) is 0.872. The van der Waals surface area contributed by atoms with Gasteiger partial charge in [0.15, 0.2) is 0 Å². The van der Waals surface area contributed by atoms with E-state index in [2.05, 4.69) is 24.4 Å². The monoisotopic (exact) mass is 275 g/mol. The van der Waals surface area contributed by atoms with Crippen LogP contribution in [0.25, 0.3) is 0 Å². The van der Waals surface area contributed by atoms with Gasteiger partial charge < -0.3 is 5.32 Å². The van der Waals surface area contributed by atoms with Crippen molar-refractivity contribution in [3.8, 4) is 0 Å². The first-order valence-electron chi connectivity index (χ1n) is 6.77. The zero-order valence-corrected chi connectivity index (χ0v) is 11.7. The summed E-state index contributed by atoms with van der Waals surface area (Å²) >= 11 is 0. The molecule has 106 valence electrons. The van der Waals surface area contributed by atoms with E-state index in [-0.39, 0.29) is 12.0 Å². The van der Waals surface area contributed by atoms with Crippen molar-refractivity contribution in [3.05, 3.63) is 71.3 Å². The van der Waals surface area contributed by atoms with Crippen LogP contribution in [0, 0.1) is 11.6 Å². The molecule has 0 aromatic heterocycles. The highest BCUT2D eigenvalue weighted by atomic mass is 19.1. The third-order valence-corrected chi connectivity index (χ3v) is 3.68. The van der Waals surface area contributed by atoms with E-state index in [1.54, 1.807) is 0 Å². The SMILES string of the molecule is CNC(Cc1cc(F)cc(F)c1)C(C)c1ccccc1. The van der Waals surface area contributed by atoms with Gasteiger partial charge in [-0.3, -0.25) is 0 Å². The average molecular weight is 275 g/mol. The molecule has 0 aliphatic carbocycles. The van der Waals surface area contributed by atoms with Crippen LogP contribution in [0.15, 0.2) is 48.5 Å². The molecule has 2 atom stereocenters. The Morgan fingerprint density at radius 2 is 1.60 bits per heavy atom. The van der Waals surface area contributed by atoms with Gasteiger partial charge in [-0.1, -0.05) is 37.3 Å². The van der Waals surface area contributed by atoms with Crippen LogP contribution in [0.2, 0.25) is 0 Å². The normalized spacial score (nSPS) is 14.0. The average Bonchev–Trinajstić information content (AvgIpc) is 2.44. The number of likely N-dealkylation sites (N-methyl/N-ethyl adjacent to an activating group) is 1. The van der Waals surface area contributed by atoms with Crippen LogP contribution in [-0.4, -0.2) is 13.1 Å². The Labute approximate surface area is 118 Å². The highest BCUT2D eigenvalue weighted by Gasteiger charge is 2.18. The summed E-state index contributed by atoms with van der Waals surface area (Å²) < 4.78 is 26.5. The van der Waals surface area contributed by atoms with Crippen LogP contribution >= 0.6 is 0 Å². The van der Waals surface area contributed by atoms with Crippen LogP contribution in [0.5, 0.6) is 0 Å². The minimum absolute atomic E-state index is 0.124. The van der Waals surface area contributed by atoms with Crippen LogP contribution in [0.1, 0.15) is 24.0 Å². The van der Waals surface area contributed by atoms with Crippen molar-refractivity contribution in [2.75, 3.05) is 7.05 Å². The van der Waals surface area contributed by atoms with Crippen molar-refractivity contribution in [1.82, 2.24) is 5.32 Å². The molecule has 3 heteroatoms. The third-order valence-electron chi connectivity index (χ3n) is 3.68. The summed E-state index contributed by atoms with van der Waals surface area (Å²) in [6.45, 7) is 2.12. The lowest BCUT2D eigenvalue weighted by molar-refractivity contribution is 0.479. The molecule has 2 unspecified atom stereocenters. The largest absolute Gasteiger partial charge is 0.316 e. The molecule has 0 bridgehead atoms. The van der Waals surface area contributed by atoms with E-state index in [4.69, 9.17) is 0 Å². The second kappa shape index (κ2) is 6.62. The molecular formula is C17H19F2N. The van der Waals surface area contributed by atoms with E-state index in [1.807, 2.05) is 25.2 Å². The van der Waals surface area contributed by atoms with Crippen molar-refractivity contribution in [1.29, 1.82) is 0 Å². The van der Waals surface area contributed by atoms with Gasteiger partial charge in [0.05, 0.1) is 0 Å². The van der Waals surface area contributed by atoms with Gasteiger partial charge in [0.1, 0.15) is 11.6 Å². The Morgan fingerprint density at radius 1 is 1.00 bits per heavy atom. The van der Waals surface area contributed by atoms with Crippen molar-refractivity contribution >= 4 is 0 Å². The molecule has 0 aliphatic rings. The number of hydrogen-bond acceptors (Lipinski definition) is 1. The molecule has 0 saturated carbocycles. The Kier molecular flexibility index (Phi) is 4.85. The standard InChI is InChI=1S/C17H19F2N/c1-12(14-6-4-3-5-7-14)17(20-2)10-13-8-15(18)11-16(19)9-13/h3-9,11-12,17,20H,10H2,1-2H3. The molecule has 20 heavy (non-hydrogen) atoms. The van der Waals surface area contributed by atoms with E-state index in [0.29, 0.717) is 12.0 Å². The van der Waals surface area contributed by atoms with E-state index in [1.165, 1.54) is 17.7 Å². The van der Waals surface area contributed by atoms with Gasteiger partial charge in [-0.2, -0.15) is 0 Å².